The van der Waals surface area contributed by atoms with Gasteiger partial charge >= 0.3 is 0 Å². The molecule has 9 nitrogen and oxygen atoms in total. The summed E-state index contributed by atoms with van der Waals surface area (Å²) in [4.78, 5) is 11.9. The zero-order valence-corrected chi connectivity index (χ0v) is 23.3. The molecule has 0 aliphatic carbocycles. The summed E-state index contributed by atoms with van der Waals surface area (Å²) >= 11 is 0. The minimum atomic E-state index is -3.79. The summed E-state index contributed by atoms with van der Waals surface area (Å²) in [6.07, 6.45) is 6.28. The van der Waals surface area contributed by atoms with Gasteiger partial charge in [0, 0.05) is 56.4 Å². The number of benzene rings is 2. The molecular formula is C29H29FN6O3S. The molecule has 2 aromatic carbocycles. The second-order valence-electron chi connectivity index (χ2n) is 10.6. The third-order valence-electron chi connectivity index (χ3n) is 7.87. The summed E-state index contributed by atoms with van der Waals surface area (Å²) < 4.78 is 47.1. The Morgan fingerprint density at radius 2 is 1.82 bits per heavy atom. The van der Waals surface area contributed by atoms with Crippen LogP contribution in [0.25, 0.3) is 16.6 Å². The molecule has 1 atom stereocenters. The van der Waals surface area contributed by atoms with E-state index in [9.17, 15) is 17.6 Å². The lowest BCUT2D eigenvalue weighted by atomic mass is 9.73. The molecule has 0 N–H and O–H groups in total. The summed E-state index contributed by atoms with van der Waals surface area (Å²) in [5.41, 5.74) is 3.95. The zero-order chi connectivity index (χ0) is 28.2. The van der Waals surface area contributed by atoms with E-state index in [1.165, 1.54) is 37.8 Å². The minimum absolute atomic E-state index is 0.0262. The van der Waals surface area contributed by atoms with Crippen molar-refractivity contribution in [3.8, 4) is 5.69 Å². The fourth-order valence-electron chi connectivity index (χ4n) is 5.82. The van der Waals surface area contributed by atoms with Gasteiger partial charge in [0.05, 0.1) is 17.4 Å². The molecule has 1 aliphatic rings. The first kappa shape index (κ1) is 26.1. The topological polar surface area (TPSA) is 95.0 Å². The van der Waals surface area contributed by atoms with Crippen molar-refractivity contribution >= 4 is 20.9 Å². The number of pyridine rings is 1. The molecule has 0 spiro atoms. The average Bonchev–Trinajstić information content (AvgIpc) is 3.66. The highest BCUT2D eigenvalue weighted by Gasteiger charge is 2.45. The lowest BCUT2D eigenvalue weighted by molar-refractivity contribution is 0.412. The van der Waals surface area contributed by atoms with E-state index in [1.807, 2.05) is 6.92 Å². The van der Waals surface area contributed by atoms with Crippen LogP contribution in [0.3, 0.4) is 0 Å². The molecule has 40 heavy (non-hydrogen) atoms. The lowest BCUT2D eigenvalue weighted by Crippen LogP contribution is -2.36. The summed E-state index contributed by atoms with van der Waals surface area (Å²) in [6.45, 7) is 2.63. The lowest BCUT2D eigenvalue weighted by Gasteiger charge is -2.32. The largest absolute Gasteiger partial charge is 0.316 e. The molecule has 1 unspecified atom stereocenters. The fourth-order valence-corrected chi connectivity index (χ4v) is 7.29. The van der Waals surface area contributed by atoms with E-state index in [0.717, 1.165) is 33.3 Å². The van der Waals surface area contributed by atoms with Gasteiger partial charge in [-0.3, -0.25) is 9.48 Å². The fraction of sp³-hybridized carbons (Fsp3) is 0.276. The predicted octanol–water partition coefficient (Wildman–Crippen LogP) is 3.48. The molecule has 0 saturated carbocycles. The van der Waals surface area contributed by atoms with Crippen molar-refractivity contribution in [2.45, 2.75) is 30.2 Å². The molecular weight excluding hydrogens is 531 g/mol. The van der Waals surface area contributed by atoms with Crippen LogP contribution in [0.1, 0.15) is 23.1 Å². The van der Waals surface area contributed by atoms with Crippen LogP contribution in [0, 0.1) is 12.7 Å². The molecule has 11 heteroatoms. The number of nitrogens with zero attached hydrogens (tertiary/aromatic N) is 6. The molecule has 4 heterocycles. The van der Waals surface area contributed by atoms with E-state index in [-0.39, 0.29) is 22.9 Å². The summed E-state index contributed by atoms with van der Waals surface area (Å²) in [7, 11) is -0.404. The number of hydrogen-bond acceptors (Lipinski definition) is 5. The molecule has 0 amide bonds. The van der Waals surface area contributed by atoms with Crippen LogP contribution in [0.4, 0.5) is 4.39 Å². The first-order valence-corrected chi connectivity index (χ1v) is 14.4. The molecule has 206 valence electrons. The van der Waals surface area contributed by atoms with Gasteiger partial charge in [-0.25, -0.2) is 17.5 Å². The summed E-state index contributed by atoms with van der Waals surface area (Å²) in [6, 6.07) is 15.3. The van der Waals surface area contributed by atoms with Crippen LogP contribution >= 0.6 is 0 Å². The van der Waals surface area contributed by atoms with Gasteiger partial charge in [-0.05, 0) is 72.9 Å². The highest BCUT2D eigenvalue weighted by Crippen LogP contribution is 2.42. The van der Waals surface area contributed by atoms with Crippen molar-refractivity contribution in [1.29, 1.82) is 0 Å². The van der Waals surface area contributed by atoms with E-state index >= 15 is 0 Å². The first-order valence-electron chi connectivity index (χ1n) is 13.0. The van der Waals surface area contributed by atoms with E-state index in [0.29, 0.717) is 19.4 Å². The summed E-state index contributed by atoms with van der Waals surface area (Å²) in [5.74, 6) is -0.313. The molecule has 0 bridgehead atoms. The molecule has 0 radical (unpaired) electrons. The second-order valence-corrected chi connectivity index (χ2v) is 12.5. The Hall–Kier alpha value is -4.09. The Morgan fingerprint density at radius 3 is 2.52 bits per heavy atom. The standard InChI is InChI=1S/C29H29FN6O3S/c1-20-14-26-22(17-31-36(26)24-8-9-28(37)33(2)18-24)15-25(20)29(16-21-4-6-23(30)7-5-21)11-13-35(19-29)40(38,39)27-10-12-34(3)32-27/h4-10,12,14-15,17-18H,11,13,16,19H2,1-3H3. The SMILES string of the molecule is Cc1cc2c(cnn2-c2ccc(=O)n(C)c2)cc1C1(Cc2ccc(F)cc2)CCN(S(=O)(=O)c2ccn(C)n2)C1. The Kier molecular flexibility index (Phi) is 6.23. The highest BCUT2D eigenvalue weighted by atomic mass is 32.2. The van der Waals surface area contributed by atoms with Crippen LogP contribution in [0.5, 0.6) is 0 Å². The third kappa shape index (κ3) is 4.44. The van der Waals surface area contributed by atoms with E-state index in [4.69, 9.17) is 0 Å². The van der Waals surface area contributed by atoms with Crippen molar-refractivity contribution in [2.24, 2.45) is 14.1 Å². The maximum Gasteiger partial charge on any atom is 0.262 e. The predicted molar refractivity (Wildman–Crippen MR) is 149 cm³/mol. The van der Waals surface area contributed by atoms with Gasteiger partial charge in [0.25, 0.3) is 10.0 Å². The Balaban J connectivity index is 1.45. The van der Waals surface area contributed by atoms with Gasteiger partial charge in [0.2, 0.25) is 5.56 Å². The molecule has 6 rings (SSSR count). The summed E-state index contributed by atoms with van der Waals surface area (Å²) in [5, 5.41) is 9.68. The maximum atomic E-state index is 13.7. The van der Waals surface area contributed by atoms with Crippen LogP contribution in [0.15, 0.2) is 83.0 Å². The molecule has 1 fully saturated rings. The van der Waals surface area contributed by atoms with Crippen LogP contribution in [-0.4, -0.2) is 49.9 Å². The zero-order valence-electron chi connectivity index (χ0n) is 22.5. The number of hydrogen-bond donors (Lipinski definition) is 0. The Bertz CT molecular complexity index is 1910. The van der Waals surface area contributed by atoms with Gasteiger partial charge in [-0.1, -0.05) is 12.1 Å². The van der Waals surface area contributed by atoms with Gasteiger partial charge in [0.15, 0.2) is 5.03 Å². The smallest absolute Gasteiger partial charge is 0.262 e. The second kappa shape index (κ2) is 9.53. The Labute approximate surface area is 231 Å². The van der Waals surface area contributed by atoms with Crippen LogP contribution in [0.2, 0.25) is 0 Å². The number of rotatable bonds is 6. The molecule has 1 aliphatic heterocycles. The minimum Gasteiger partial charge on any atom is -0.316 e. The van der Waals surface area contributed by atoms with Gasteiger partial charge in [0.1, 0.15) is 5.82 Å². The molecule has 5 aromatic rings. The number of fused-ring (bicyclic) bond motifs is 1. The average molecular weight is 561 g/mol. The highest BCUT2D eigenvalue weighted by molar-refractivity contribution is 7.89. The van der Waals surface area contributed by atoms with E-state index in [2.05, 4.69) is 22.3 Å². The van der Waals surface area contributed by atoms with Crippen LogP contribution < -0.4 is 5.56 Å². The van der Waals surface area contributed by atoms with E-state index < -0.39 is 15.4 Å². The maximum absolute atomic E-state index is 13.7. The van der Waals surface area contributed by atoms with Crippen molar-refractivity contribution in [1.82, 2.24) is 28.4 Å². The first-order chi connectivity index (χ1) is 19.1. The monoisotopic (exact) mass is 560 g/mol. The third-order valence-corrected chi connectivity index (χ3v) is 9.61. The van der Waals surface area contributed by atoms with Crippen molar-refractivity contribution in [3.63, 3.8) is 0 Å². The van der Waals surface area contributed by atoms with Crippen molar-refractivity contribution in [3.05, 3.63) is 106 Å². The van der Waals surface area contributed by atoms with Crippen molar-refractivity contribution in [2.75, 3.05) is 13.1 Å². The number of aromatic nitrogens is 5. The molecule has 3 aromatic heterocycles. The quantitative estimate of drug-likeness (QED) is 0.317. The Morgan fingerprint density at radius 1 is 1.05 bits per heavy atom. The normalized spacial score (nSPS) is 18.1. The van der Waals surface area contributed by atoms with E-state index in [1.54, 1.807) is 55.6 Å². The number of sulfonamides is 1. The molecule has 1 saturated heterocycles. The van der Waals surface area contributed by atoms with Crippen molar-refractivity contribution < 1.29 is 12.8 Å². The number of halogens is 1. The van der Waals surface area contributed by atoms with Gasteiger partial charge < -0.3 is 4.57 Å². The van der Waals surface area contributed by atoms with Gasteiger partial charge in [-0.2, -0.15) is 14.5 Å². The number of aryl methyl sites for hydroxylation is 3. The van der Waals surface area contributed by atoms with Gasteiger partial charge in [-0.15, -0.1) is 0 Å². The van der Waals surface area contributed by atoms with Crippen LogP contribution in [-0.2, 0) is 36.0 Å².